The van der Waals surface area contributed by atoms with Crippen LogP contribution in [0.4, 0.5) is 0 Å². The van der Waals surface area contributed by atoms with Crippen LogP contribution in [-0.2, 0) is 15.3 Å². The quantitative estimate of drug-likeness (QED) is 0.697. The second-order valence-corrected chi connectivity index (χ2v) is 5.71. The van der Waals surface area contributed by atoms with Gasteiger partial charge in [0.05, 0.1) is 0 Å². The van der Waals surface area contributed by atoms with E-state index >= 15 is 0 Å². The fraction of sp³-hybridized carbons (Fsp3) is 0.308. The molecule has 0 aliphatic rings. The first-order valence-corrected chi connectivity index (χ1v) is 7.50. The van der Waals surface area contributed by atoms with E-state index in [4.69, 9.17) is 22.4 Å². The molecule has 0 fully saturated rings. The Kier molecular flexibility index (Phi) is 6.51. The summed E-state index contributed by atoms with van der Waals surface area (Å²) in [5, 5.41) is 11.7. The maximum atomic E-state index is 11.0. The van der Waals surface area contributed by atoms with Crippen LogP contribution in [0.1, 0.15) is 22.8 Å². The van der Waals surface area contributed by atoms with Crippen molar-refractivity contribution >= 4 is 41.1 Å². The summed E-state index contributed by atoms with van der Waals surface area (Å²) in [5.74, 6) is -1.38. The Morgan fingerprint density at radius 1 is 1.43 bits per heavy atom. The second kappa shape index (κ2) is 7.90. The molecule has 0 bridgehead atoms. The lowest BCUT2D eigenvalue weighted by molar-refractivity contribution is -0.140. The summed E-state index contributed by atoms with van der Waals surface area (Å²) in [5.41, 5.74) is 6.22. The zero-order valence-corrected chi connectivity index (χ0v) is 12.8. The molecule has 1 unspecified atom stereocenters. The molecule has 0 aliphatic carbocycles. The third-order valence-electron chi connectivity index (χ3n) is 2.56. The molecule has 0 saturated carbocycles. The Bertz CT molecular complexity index is 565. The van der Waals surface area contributed by atoms with Crippen LogP contribution in [0.3, 0.4) is 0 Å². The zero-order valence-electron chi connectivity index (χ0n) is 11.3. The molecule has 0 aromatic heterocycles. The maximum absolute atomic E-state index is 11.0. The summed E-state index contributed by atoms with van der Waals surface area (Å²) >= 11 is 7.35. The predicted molar refractivity (Wildman–Crippen MR) is 81.4 cm³/mol. The number of aliphatic carboxylic acids is 1. The summed E-state index contributed by atoms with van der Waals surface area (Å²) in [6.07, 6.45) is 0. The van der Waals surface area contributed by atoms with Gasteiger partial charge in [0.15, 0.2) is 0 Å². The van der Waals surface area contributed by atoms with E-state index in [2.05, 4.69) is 5.32 Å². The highest BCUT2D eigenvalue weighted by atomic mass is 35.5. The number of carboxylic acids is 1. The molecule has 1 rings (SSSR count). The number of thioether (sulfide) groups is 1. The number of primary amides is 1. The molecule has 0 saturated heterocycles. The number of benzene rings is 1. The summed E-state index contributed by atoms with van der Waals surface area (Å²) < 4.78 is 0. The molecule has 4 N–H and O–H groups in total. The molecule has 0 aliphatic heterocycles. The zero-order chi connectivity index (χ0) is 16.0. The van der Waals surface area contributed by atoms with Crippen LogP contribution in [0.5, 0.6) is 0 Å². The normalized spacial score (nSPS) is 11.7. The lowest BCUT2D eigenvalue weighted by Crippen LogP contribution is -2.41. The van der Waals surface area contributed by atoms with Crippen LogP contribution in [0.15, 0.2) is 18.2 Å². The standard InChI is InChI=1S/C13H15ClN2O4S/c1-7(17)16-11(13(19)20)6-21-5-9-3-2-8(12(15)18)4-10(9)14/h2-4,11H,5-6H2,1H3,(H2,15,18)(H,16,17)(H,19,20). The van der Waals surface area contributed by atoms with E-state index < -0.39 is 23.8 Å². The van der Waals surface area contributed by atoms with E-state index in [0.717, 1.165) is 5.56 Å². The fourth-order valence-corrected chi connectivity index (χ4v) is 2.90. The van der Waals surface area contributed by atoms with Gasteiger partial charge in [-0.05, 0) is 17.7 Å². The SMILES string of the molecule is CC(=O)NC(CSCc1ccc(C(N)=O)cc1Cl)C(=O)O. The van der Waals surface area contributed by atoms with Crippen LogP contribution >= 0.6 is 23.4 Å². The first kappa shape index (κ1) is 17.3. The molecule has 1 aromatic rings. The smallest absolute Gasteiger partial charge is 0.327 e. The fourth-order valence-electron chi connectivity index (χ4n) is 1.52. The molecule has 1 atom stereocenters. The first-order valence-electron chi connectivity index (χ1n) is 5.97. The minimum Gasteiger partial charge on any atom is -0.480 e. The molecule has 8 heteroatoms. The van der Waals surface area contributed by atoms with Gasteiger partial charge in [-0.3, -0.25) is 9.59 Å². The summed E-state index contributed by atoms with van der Waals surface area (Å²) in [6, 6.07) is 3.76. The van der Waals surface area contributed by atoms with Crippen LogP contribution in [0.2, 0.25) is 5.02 Å². The lowest BCUT2D eigenvalue weighted by Gasteiger charge is -2.13. The van der Waals surface area contributed by atoms with Crippen molar-refractivity contribution in [2.24, 2.45) is 5.73 Å². The van der Waals surface area contributed by atoms with Crippen molar-refractivity contribution in [2.75, 3.05) is 5.75 Å². The van der Waals surface area contributed by atoms with Gasteiger partial charge in [-0.1, -0.05) is 17.7 Å². The van der Waals surface area contributed by atoms with Gasteiger partial charge in [0, 0.05) is 29.0 Å². The van der Waals surface area contributed by atoms with Gasteiger partial charge in [0.2, 0.25) is 11.8 Å². The van der Waals surface area contributed by atoms with Crippen molar-refractivity contribution in [1.82, 2.24) is 5.32 Å². The van der Waals surface area contributed by atoms with E-state index in [9.17, 15) is 14.4 Å². The lowest BCUT2D eigenvalue weighted by atomic mass is 10.1. The molecule has 1 aromatic carbocycles. The first-order chi connectivity index (χ1) is 9.81. The van der Waals surface area contributed by atoms with Gasteiger partial charge in [-0.2, -0.15) is 11.8 Å². The van der Waals surface area contributed by atoms with Crippen molar-refractivity contribution in [1.29, 1.82) is 0 Å². The van der Waals surface area contributed by atoms with Crippen LogP contribution in [0, 0.1) is 0 Å². The molecule has 0 heterocycles. The Balaban J connectivity index is 2.60. The van der Waals surface area contributed by atoms with Crippen LogP contribution in [0.25, 0.3) is 0 Å². The average Bonchev–Trinajstić information content (AvgIpc) is 2.38. The number of carbonyl (C=O) groups excluding carboxylic acids is 2. The average molecular weight is 331 g/mol. The van der Waals surface area contributed by atoms with E-state index in [1.807, 2.05) is 0 Å². The molecule has 114 valence electrons. The largest absolute Gasteiger partial charge is 0.480 e. The Morgan fingerprint density at radius 2 is 2.10 bits per heavy atom. The van der Waals surface area contributed by atoms with E-state index in [1.165, 1.54) is 24.8 Å². The molecular formula is C13H15ClN2O4S. The van der Waals surface area contributed by atoms with Gasteiger partial charge in [-0.15, -0.1) is 0 Å². The minimum absolute atomic E-state index is 0.211. The third-order valence-corrected chi connectivity index (χ3v) is 3.99. The highest BCUT2D eigenvalue weighted by Gasteiger charge is 2.18. The second-order valence-electron chi connectivity index (χ2n) is 4.28. The molecule has 2 amide bonds. The van der Waals surface area contributed by atoms with Crippen molar-refractivity contribution in [3.05, 3.63) is 34.3 Å². The van der Waals surface area contributed by atoms with Crippen molar-refractivity contribution in [3.63, 3.8) is 0 Å². The van der Waals surface area contributed by atoms with Crippen molar-refractivity contribution in [3.8, 4) is 0 Å². The van der Waals surface area contributed by atoms with Gasteiger partial charge in [-0.25, -0.2) is 4.79 Å². The summed E-state index contributed by atoms with van der Waals surface area (Å²) in [7, 11) is 0. The molecule has 0 radical (unpaired) electrons. The Hall–Kier alpha value is -1.73. The third kappa shape index (κ3) is 5.65. The molecule has 6 nitrogen and oxygen atoms in total. The Morgan fingerprint density at radius 3 is 2.57 bits per heavy atom. The van der Waals surface area contributed by atoms with Gasteiger partial charge >= 0.3 is 5.97 Å². The topological polar surface area (TPSA) is 109 Å². The van der Waals surface area contributed by atoms with Crippen LogP contribution < -0.4 is 11.1 Å². The number of hydrogen-bond donors (Lipinski definition) is 3. The van der Waals surface area contributed by atoms with Crippen molar-refractivity contribution in [2.45, 2.75) is 18.7 Å². The highest BCUT2D eigenvalue weighted by Crippen LogP contribution is 2.23. The van der Waals surface area contributed by atoms with Gasteiger partial charge < -0.3 is 16.2 Å². The Labute approximate surface area is 131 Å². The number of nitrogens with two attached hydrogens (primary N) is 1. The molecule has 21 heavy (non-hydrogen) atoms. The van der Waals surface area contributed by atoms with Crippen LogP contribution in [-0.4, -0.2) is 34.7 Å². The number of carboxylic acid groups (broad SMARTS) is 1. The molecule has 0 spiro atoms. The summed E-state index contributed by atoms with van der Waals surface area (Å²) in [6.45, 7) is 1.26. The number of halogens is 1. The van der Waals surface area contributed by atoms with Gasteiger partial charge in [0.25, 0.3) is 0 Å². The number of rotatable bonds is 7. The summed E-state index contributed by atoms with van der Waals surface area (Å²) in [4.78, 5) is 32.9. The van der Waals surface area contributed by atoms with Crippen molar-refractivity contribution < 1.29 is 19.5 Å². The monoisotopic (exact) mass is 330 g/mol. The minimum atomic E-state index is -1.09. The number of carbonyl (C=O) groups is 3. The van der Waals surface area contributed by atoms with Gasteiger partial charge in [0.1, 0.15) is 6.04 Å². The van der Waals surface area contributed by atoms with E-state index in [0.29, 0.717) is 16.3 Å². The number of hydrogen-bond acceptors (Lipinski definition) is 4. The predicted octanol–water partition coefficient (Wildman–Crippen LogP) is 1.26. The highest BCUT2D eigenvalue weighted by molar-refractivity contribution is 7.98. The number of nitrogens with one attached hydrogen (secondary N) is 1. The van der Waals surface area contributed by atoms with E-state index in [1.54, 1.807) is 12.1 Å². The maximum Gasteiger partial charge on any atom is 0.327 e. The van der Waals surface area contributed by atoms with E-state index in [-0.39, 0.29) is 5.75 Å². The number of amides is 2. The molecular weight excluding hydrogens is 316 g/mol.